The van der Waals surface area contributed by atoms with Gasteiger partial charge >= 0.3 is 5.97 Å². The fraction of sp³-hybridized carbons (Fsp3) is 0.529. The fourth-order valence-electron chi connectivity index (χ4n) is 3.54. The Hall–Kier alpha value is -2.44. The van der Waals surface area contributed by atoms with Crippen LogP contribution in [-0.4, -0.2) is 51.4 Å². The number of amides is 2. The van der Waals surface area contributed by atoms with E-state index in [1.807, 2.05) is 4.90 Å². The van der Waals surface area contributed by atoms with Crippen molar-refractivity contribution in [1.82, 2.24) is 15.2 Å². The van der Waals surface area contributed by atoms with E-state index in [9.17, 15) is 14.4 Å². The monoisotopic (exact) mass is 331 g/mol. The zero-order valence-electron chi connectivity index (χ0n) is 13.4. The average Bonchev–Trinajstić information content (AvgIpc) is 3.01. The Bertz CT molecular complexity index is 653. The van der Waals surface area contributed by atoms with Gasteiger partial charge in [0.2, 0.25) is 5.91 Å². The second kappa shape index (κ2) is 6.98. The minimum Gasteiger partial charge on any atom is -0.478 e. The molecule has 1 aromatic rings. The van der Waals surface area contributed by atoms with Gasteiger partial charge in [-0.05, 0) is 38.2 Å². The molecule has 7 heteroatoms. The summed E-state index contributed by atoms with van der Waals surface area (Å²) in [6, 6.07) is 1.68. The van der Waals surface area contributed by atoms with Crippen molar-refractivity contribution < 1.29 is 19.5 Å². The van der Waals surface area contributed by atoms with E-state index < -0.39 is 5.97 Å². The highest BCUT2D eigenvalue weighted by molar-refractivity contribution is 5.97. The first-order valence-corrected chi connectivity index (χ1v) is 8.33. The van der Waals surface area contributed by atoms with Gasteiger partial charge < -0.3 is 15.3 Å². The number of rotatable bonds is 4. The zero-order chi connectivity index (χ0) is 17.1. The standard InChI is InChI=1S/C17H21N3O4/c21-15-2-1-7-20(15)14-5-3-13(4-6-14)19-16(22)11-8-12(17(23)24)10-18-9-11/h8-10,13-14H,1-7H2,(H,19,22)(H,23,24). The van der Waals surface area contributed by atoms with Crippen molar-refractivity contribution in [1.29, 1.82) is 0 Å². The molecule has 1 saturated heterocycles. The maximum atomic E-state index is 12.3. The predicted molar refractivity (Wildman–Crippen MR) is 85.7 cm³/mol. The van der Waals surface area contributed by atoms with Gasteiger partial charge in [0.25, 0.3) is 5.91 Å². The highest BCUT2D eigenvalue weighted by atomic mass is 16.4. The second-order valence-corrected chi connectivity index (χ2v) is 6.44. The van der Waals surface area contributed by atoms with Crippen molar-refractivity contribution in [2.75, 3.05) is 6.54 Å². The average molecular weight is 331 g/mol. The second-order valence-electron chi connectivity index (χ2n) is 6.44. The zero-order valence-corrected chi connectivity index (χ0v) is 13.4. The van der Waals surface area contributed by atoms with Crippen molar-refractivity contribution in [3.8, 4) is 0 Å². The van der Waals surface area contributed by atoms with Crippen LogP contribution in [0.25, 0.3) is 0 Å². The lowest BCUT2D eigenvalue weighted by atomic mass is 9.90. The first kappa shape index (κ1) is 16.4. The van der Waals surface area contributed by atoms with Gasteiger partial charge in [0.15, 0.2) is 0 Å². The highest BCUT2D eigenvalue weighted by Gasteiger charge is 2.31. The van der Waals surface area contributed by atoms with Gasteiger partial charge in [-0.2, -0.15) is 0 Å². The van der Waals surface area contributed by atoms with E-state index in [0.29, 0.717) is 12.5 Å². The molecule has 2 fully saturated rings. The van der Waals surface area contributed by atoms with E-state index in [0.717, 1.165) is 38.6 Å². The van der Waals surface area contributed by atoms with Crippen molar-refractivity contribution in [3.63, 3.8) is 0 Å². The van der Waals surface area contributed by atoms with E-state index in [1.54, 1.807) is 0 Å². The van der Waals surface area contributed by atoms with Crippen LogP contribution in [0.3, 0.4) is 0 Å². The Morgan fingerprint density at radius 3 is 2.50 bits per heavy atom. The van der Waals surface area contributed by atoms with E-state index >= 15 is 0 Å². The number of aromatic nitrogens is 1. The summed E-state index contributed by atoms with van der Waals surface area (Å²) in [5.41, 5.74) is 0.255. The summed E-state index contributed by atoms with van der Waals surface area (Å²) in [7, 11) is 0. The van der Waals surface area contributed by atoms with E-state index in [2.05, 4.69) is 10.3 Å². The molecule has 24 heavy (non-hydrogen) atoms. The molecule has 0 atom stereocenters. The lowest BCUT2D eigenvalue weighted by molar-refractivity contribution is -0.130. The number of hydrogen-bond donors (Lipinski definition) is 2. The summed E-state index contributed by atoms with van der Waals surface area (Å²) >= 11 is 0. The number of aromatic carboxylic acids is 1. The molecule has 2 N–H and O–H groups in total. The molecule has 0 aromatic carbocycles. The van der Waals surface area contributed by atoms with Gasteiger partial charge in [-0.3, -0.25) is 14.6 Å². The summed E-state index contributed by atoms with van der Waals surface area (Å²) < 4.78 is 0. The smallest absolute Gasteiger partial charge is 0.337 e. The largest absolute Gasteiger partial charge is 0.478 e. The lowest BCUT2D eigenvalue weighted by Gasteiger charge is -2.34. The number of likely N-dealkylation sites (tertiary alicyclic amines) is 1. The Morgan fingerprint density at radius 1 is 1.17 bits per heavy atom. The maximum absolute atomic E-state index is 12.3. The van der Waals surface area contributed by atoms with Crippen LogP contribution in [0.2, 0.25) is 0 Å². The Morgan fingerprint density at radius 2 is 1.88 bits per heavy atom. The van der Waals surface area contributed by atoms with Crippen LogP contribution in [0.5, 0.6) is 0 Å². The van der Waals surface area contributed by atoms with Crippen molar-refractivity contribution in [3.05, 3.63) is 29.6 Å². The molecule has 2 heterocycles. The molecule has 3 rings (SSSR count). The molecule has 0 spiro atoms. The molecule has 128 valence electrons. The lowest BCUT2D eigenvalue weighted by Crippen LogP contribution is -2.44. The molecule has 2 aliphatic rings. The molecular formula is C17H21N3O4. The first-order chi connectivity index (χ1) is 11.5. The molecule has 0 bridgehead atoms. The van der Waals surface area contributed by atoms with E-state index in [-0.39, 0.29) is 29.0 Å². The Kier molecular flexibility index (Phi) is 4.78. The quantitative estimate of drug-likeness (QED) is 0.870. The summed E-state index contributed by atoms with van der Waals surface area (Å²) in [5, 5.41) is 11.9. The summed E-state index contributed by atoms with van der Waals surface area (Å²) in [6.45, 7) is 0.855. The van der Waals surface area contributed by atoms with Gasteiger partial charge in [-0.1, -0.05) is 0 Å². The molecule has 0 radical (unpaired) electrons. The molecule has 0 unspecified atom stereocenters. The highest BCUT2D eigenvalue weighted by Crippen LogP contribution is 2.26. The van der Waals surface area contributed by atoms with Crippen molar-refractivity contribution in [2.45, 2.75) is 50.6 Å². The van der Waals surface area contributed by atoms with Crippen LogP contribution in [0, 0.1) is 0 Å². The molecule has 2 amide bonds. The van der Waals surface area contributed by atoms with Crippen LogP contribution < -0.4 is 5.32 Å². The number of carboxylic acids is 1. The topological polar surface area (TPSA) is 99.6 Å². The third-order valence-corrected chi connectivity index (χ3v) is 4.83. The van der Waals surface area contributed by atoms with Gasteiger partial charge in [0, 0.05) is 37.4 Å². The number of carboxylic acid groups (broad SMARTS) is 1. The number of carbonyl (C=O) groups excluding carboxylic acids is 2. The van der Waals surface area contributed by atoms with Crippen molar-refractivity contribution in [2.24, 2.45) is 0 Å². The first-order valence-electron chi connectivity index (χ1n) is 8.33. The molecule has 1 saturated carbocycles. The minimum atomic E-state index is -1.10. The SMILES string of the molecule is O=C(O)c1cncc(C(=O)NC2CCC(N3CCCC3=O)CC2)c1. The van der Waals surface area contributed by atoms with Gasteiger partial charge in [0.05, 0.1) is 11.1 Å². The van der Waals surface area contributed by atoms with Gasteiger partial charge in [-0.25, -0.2) is 4.79 Å². The van der Waals surface area contributed by atoms with Crippen LogP contribution in [0.1, 0.15) is 59.2 Å². The summed E-state index contributed by atoms with van der Waals surface area (Å²) in [6.07, 6.45) is 7.63. The number of nitrogens with zero attached hydrogens (tertiary/aromatic N) is 2. The molecule has 1 aliphatic heterocycles. The van der Waals surface area contributed by atoms with E-state index in [1.165, 1.54) is 18.5 Å². The van der Waals surface area contributed by atoms with Crippen molar-refractivity contribution >= 4 is 17.8 Å². The molecular weight excluding hydrogens is 310 g/mol. The number of hydrogen-bond acceptors (Lipinski definition) is 4. The van der Waals surface area contributed by atoms with Crippen LogP contribution in [0.15, 0.2) is 18.5 Å². The Labute approximate surface area is 140 Å². The fourth-order valence-corrected chi connectivity index (χ4v) is 3.54. The summed E-state index contributed by atoms with van der Waals surface area (Å²) in [5.74, 6) is -1.15. The Balaban J connectivity index is 1.54. The maximum Gasteiger partial charge on any atom is 0.337 e. The third kappa shape index (κ3) is 3.55. The number of carbonyl (C=O) groups is 3. The summed E-state index contributed by atoms with van der Waals surface area (Å²) in [4.78, 5) is 40.8. The molecule has 1 aromatic heterocycles. The van der Waals surface area contributed by atoms with Crippen LogP contribution >= 0.6 is 0 Å². The third-order valence-electron chi connectivity index (χ3n) is 4.83. The van der Waals surface area contributed by atoms with Gasteiger partial charge in [-0.15, -0.1) is 0 Å². The normalized spacial score (nSPS) is 24.0. The van der Waals surface area contributed by atoms with Crippen LogP contribution in [0.4, 0.5) is 0 Å². The molecule has 7 nitrogen and oxygen atoms in total. The van der Waals surface area contributed by atoms with Gasteiger partial charge in [0.1, 0.15) is 0 Å². The minimum absolute atomic E-state index is 0.00101. The molecule has 1 aliphatic carbocycles. The van der Waals surface area contributed by atoms with E-state index in [4.69, 9.17) is 5.11 Å². The number of nitrogens with one attached hydrogen (secondary N) is 1. The number of pyridine rings is 1. The predicted octanol–water partition coefficient (Wildman–Crippen LogP) is 1.44. The van der Waals surface area contributed by atoms with Crippen LogP contribution in [-0.2, 0) is 4.79 Å².